The van der Waals surface area contributed by atoms with E-state index in [1.807, 2.05) is 18.5 Å². The van der Waals surface area contributed by atoms with E-state index in [4.69, 9.17) is 0 Å². The van der Waals surface area contributed by atoms with Gasteiger partial charge in [0, 0.05) is 18.6 Å². The zero-order valence-electron chi connectivity index (χ0n) is 7.36. The molecule has 2 nitrogen and oxygen atoms in total. The topological polar surface area (TPSA) is 17.3 Å². The van der Waals surface area contributed by atoms with Crippen molar-refractivity contribution in [3.8, 4) is 0 Å². The molecule has 0 unspecified atom stereocenters. The maximum Gasteiger partial charge on any atom is 0.140 e. The maximum atomic E-state index is 4.33. The molecule has 2 aromatic heterocycles. The first-order valence-corrected chi connectivity index (χ1v) is 4.20. The summed E-state index contributed by atoms with van der Waals surface area (Å²) in [6.07, 6.45) is 5.91. The second kappa shape index (κ2) is 2.63. The SMILES string of the molecule is CC(C)c1ccn2cccnc12. The Kier molecular flexibility index (Phi) is 1.61. The minimum absolute atomic E-state index is 0.546. The maximum absolute atomic E-state index is 4.33. The van der Waals surface area contributed by atoms with Gasteiger partial charge < -0.3 is 4.40 Å². The Morgan fingerprint density at radius 1 is 1.33 bits per heavy atom. The molecule has 0 aliphatic rings. The van der Waals surface area contributed by atoms with Gasteiger partial charge in [0.25, 0.3) is 0 Å². The molecule has 0 amide bonds. The van der Waals surface area contributed by atoms with E-state index in [0.29, 0.717) is 5.92 Å². The van der Waals surface area contributed by atoms with Crippen molar-refractivity contribution in [2.24, 2.45) is 0 Å². The van der Waals surface area contributed by atoms with Crippen LogP contribution < -0.4 is 0 Å². The lowest BCUT2D eigenvalue weighted by Crippen LogP contribution is -1.89. The second-order valence-electron chi connectivity index (χ2n) is 3.28. The summed E-state index contributed by atoms with van der Waals surface area (Å²) in [4.78, 5) is 4.33. The molecule has 2 aromatic rings. The van der Waals surface area contributed by atoms with Crippen LogP contribution in [0.3, 0.4) is 0 Å². The predicted octanol–water partition coefficient (Wildman–Crippen LogP) is 2.46. The van der Waals surface area contributed by atoms with Crippen LogP contribution in [0.25, 0.3) is 5.65 Å². The third-order valence-corrected chi connectivity index (χ3v) is 2.07. The third-order valence-electron chi connectivity index (χ3n) is 2.07. The van der Waals surface area contributed by atoms with Crippen molar-refractivity contribution in [2.75, 3.05) is 0 Å². The molecule has 62 valence electrons. The molecule has 0 saturated carbocycles. The van der Waals surface area contributed by atoms with Crippen LogP contribution in [0, 0.1) is 0 Å². The van der Waals surface area contributed by atoms with E-state index in [1.165, 1.54) is 5.56 Å². The molecule has 2 heterocycles. The van der Waals surface area contributed by atoms with Crippen molar-refractivity contribution in [1.29, 1.82) is 0 Å². The van der Waals surface area contributed by atoms with Gasteiger partial charge in [-0.2, -0.15) is 0 Å². The Hall–Kier alpha value is -1.31. The molecular weight excluding hydrogens is 148 g/mol. The normalized spacial score (nSPS) is 11.2. The van der Waals surface area contributed by atoms with Crippen molar-refractivity contribution in [2.45, 2.75) is 19.8 Å². The van der Waals surface area contributed by atoms with Crippen molar-refractivity contribution >= 4 is 5.65 Å². The molecule has 0 spiro atoms. The Morgan fingerprint density at radius 3 is 2.92 bits per heavy atom. The lowest BCUT2D eigenvalue weighted by atomic mass is 10.1. The van der Waals surface area contributed by atoms with Gasteiger partial charge in [-0.25, -0.2) is 4.98 Å². The summed E-state index contributed by atoms with van der Waals surface area (Å²) in [5, 5.41) is 0. The van der Waals surface area contributed by atoms with Crippen molar-refractivity contribution in [1.82, 2.24) is 9.38 Å². The Bertz CT molecular complexity index is 387. The highest BCUT2D eigenvalue weighted by Gasteiger charge is 2.05. The summed E-state index contributed by atoms with van der Waals surface area (Å²) in [7, 11) is 0. The van der Waals surface area contributed by atoms with Gasteiger partial charge in [0.05, 0.1) is 0 Å². The van der Waals surface area contributed by atoms with Crippen LogP contribution in [-0.4, -0.2) is 9.38 Å². The highest BCUT2D eigenvalue weighted by molar-refractivity contribution is 5.49. The van der Waals surface area contributed by atoms with Crippen LogP contribution in [0.15, 0.2) is 30.7 Å². The summed E-state index contributed by atoms with van der Waals surface area (Å²) in [6.45, 7) is 4.37. The highest BCUT2D eigenvalue weighted by atomic mass is 15.0. The molecule has 0 aromatic carbocycles. The van der Waals surface area contributed by atoms with Crippen LogP contribution in [0.2, 0.25) is 0 Å². The summed E-state index contributed by atoms with van der Waals surface area (Å²) in [5.41, 5.74) is 2.39. The van der Waals surface area contributed by atoms with E-state index in [0.717, 1.165) is 5.65 Å². The van der Waals surface area contributed by atoms with Crippen molar-refractivity contribution in [3.63, 3.8) is 0 Å². The minimum atomic E-state index is 0.546. The Balaban J connectivity index is 2.70. The molecule has 0 bridgehead atoms. The highest BCUT2D eigenvalue weighted by Crippen LogP contribution is 2.18. The number of fused-ring (bicyclic) bond motifs is 1. The van der Waals surface area contributed by atoms with E-state index < -0.39 is 0 Å². The van der Waals surface area contributed by atoms with Gasteiger partial charge in [-0.3, -0.25) is 0 Å². The van der Waals surface area contributed by atoms with E-state index in [-0.39, 0.29) is 0 Å². The molecule has 2 heteroatoms. The lowest BCUT2D eigenvalue weighted by Gasteiger charge is -2.01. The van der Waals surface area contributed by atoms with E-state index in [2.05, 4.69) is 35.5 Å². The summed E-state index contributed by atoms with van der Waals surface area (Å²) < 4.78 is 2.05. The van der Waals surface area contributed by atoms with Gasteiger partial charge in [0.2, 0.25) is 0 Å². The average Bonchev–Trinajstić information content (AvgIpc) is 2.47. The summed E-state index contributed by atoms with van der Waals surface area (Å²) in [6, 6.07) is 4.07. The first kappa shape index (κ1) is 7.35. The van der Waals surface area contributed by atoms with E-state index in [9.17, 15) is 0 Å². The molecule has 0 atom stereocenters. The van der Waals surface area contributed by atoms with Crippen LogP contribution in [-0.2, 0) is 0 Å². The predicted molar refractivity (Wildman–Crippen MR) is 49.3 cm³/mol. The van der Waals surface area contributed by atoms with Gasteiger partial charge in [-0.15, -0.1) is 0 Å². The quantitative estimate of drug-likeness (QED) is 0.626. The zero-order chi connectivity index (χ0) is 8.55. The molecule has 0 radical (unpaired) electrons. The Morgan fingerprint density at radius 2 is 2.17 bits per heavy atom. The van der Waals surface area contributed by atoms with Crippen LogP contribution in [0.4, 0.5) is 0 Å². The fraction of sp³-hybridized carbons (Fsp3) is 0.300. The minimum Gasteiger partial charge on any atom is -0.308 e. The van der Waals surface area contributed by atoms with Crippen molar-refractivity contribution < 1.29 is 0 Å². The second-order valence-corrected chi connectivity index (χ2v) is 3.28. The monoisotopic (exact) mass is 160 g/mol. The standard InChI is InChI=1S/C10H12N2/c1-8(2)9-4-7-12-6-3-5-11-10(9)12/h3-8H,1-2H3. The fourth-order valence-corrected chi connectivity index (χ4v) is 1.41. The number of hydrogen-bond donors (Lipinski definition) is 0. The van der Waals surface area contributed by atoms with Gasteiger partial charge in [0.15, 0.2) is 0 Å². The molecule has 12 heavy (non-hydrogen) atoms. The molecule has 0 N–H and O–H groups in total. The molecule has 0 aliphatic heterocycles. The van der Waals surface area contributed by atoms with E-state index in [1.54, 1.807) is 0 Å². The summed E-state index contributed by atoms with van der Waals surface area (Å²) in [5.74, 6) is 0.546. The number of hydrogen-bond acceptors (Lipinski definition) is 1. The zero-order valence-corrected chi connectivity index (χ0v) is 7.36. The largest absolute Gasteiger partial charge is 0.308 e. The molecule has 0 fully saturated rings. The average molecular weight is 160 g/mol. The number of nitrogens with zero attached hydrogens (tertiary/aromatic N) is 2. The fourth-order valence-electron chi connectivity index (χ4n) is 1.41. The van der Waals surface area contributed by atoms with Crippen molar-refractivity contribution in [3.05, 3.63) is 36.3 Å². The molecule has 2 rings (SSSR count). The number of rotatable bonds is 1. The lowest BCUT2D eigenvalue weighted by molar-refractivity contribution is 0.872. The summed E-state index contributed by atoms with van der Waals surface area (Å²) >= 11 is 0. The van der Waals surface area contributed by atoms with Crippen LogP contribution in [0.1, 0.15) is 25.3 Å². The van der Waals surface area contributed by atoms with Gasteiger partial charge in [-0.05, 0) is 23.6 Å². The molecule has 0 aliphatic carbocycles. The van der Waals surface area contributed by atoms with Crippen LogP contribution >= 0.6 is 0 Å². The Labute approximate surface area is 71.9 Å². The molecule has 0 saturated heterocycles. The van der Waals surface area contributed by atoms with E-state index >= 15 is 0 Å². The van der Waals surface area contributed by atoms with Gasteiger partial charge >= 0.3 is 0 Å². The third kappa shape index (κ3) is 0.998. The molecular formula is C10H12N2. The van der Waals surface area contributed by atoms with Gasteiger partial charge in [0.1, 0.15) is 5.65 Å². The van der Waals surface area contributed by atoms with Crippen LogP contribution in [0.5, 0.6) is 0 Å². The smallest absolute Gasteiger partial charge is 0.140 e. The van der Waals surface area contributed by atoms with Gasteiger partial charge in [-0.1, -0.05) is 13.8 Å². The number of aromatic nitrogens is 2. The first-order chi connectivity index (χ1) is 5.79. The first-order valence-electron chi connectivity index (χ1n) is 4.20.